The van der Waals surface area contributed by atoms with Crippen LogP contribution in [-0.2, 0) is 14.3 Å². The molecule has 0 bridgehead atoms. The van der Waals surface area contributed by atoms with E-state index in [1.165, 1.54) is 0 Å². The number of hydrogen-bond acceptors (Lipinski definition) is 3. The van der Waals surface area contributed by atoms with Crippen molar-refractivity contribution in [2.75, 3.05) is 13.2 Å². The highest BCUT2D eigenvalue weighted by atomic mass is 16.5. The second-order valence-corrected chi connectivity index (χ2v) is 3.48. The van der Waals surface area contributed by atoms with E-state index in [4.69, 9.17) is 4.74 Å². The van der Waals surface area contributed by atoms with Gasteiger partial charge in [-0.05, 0) is 19.8 Å². The number of hydrogen-bond donors (Lipinski definition) is 0. The predicted octanol–water partition coefficient (Wildman–Crippen LogP) is 0.726. The number of rotatable bonds is 4. The summed E-state index contributed by atoms with van der Waals surface area (Å²) in [5.74, 6) is -0.324. The normalized spacial score (nSPS) is 20.5. The molecule has 0 aromatic rings. The van der Waals surface area contributed by atoms with Gasteiger partial charge in [0, 0.05) is 12.2 Å². The van der Waals surface area contributed by atoms with Crippen LogP contribution in [0.3, 0.4) is 0 Å². The van der Waals surface area contributed by atoms with Crippen LogP contribution in [0.1, 0.15) is 19.8 Å². The first kappa shape index (κ1) is 10.9. The summed E-state index contributed by atoms with van der Waals surface area (Å²) in [6.07, 6.45) is 2.45. The molecule has 14 heavy (non-hydrogen) atoms. The molecule has 1 fully saturated rings. The van der Waals surface area contributed by atoms with Gasteiger partial charge < -0.3 is 4.74 Å². The predicted molar refractivity (Wildman–Crippen MR) is 51.6 cm³/mol. The summed E-state index contributed by atoms with van der Waals surface area (Å²) in [7, 11) is 0. The maximum atomic E-state index is 11.4. The van der Waals surface area contributed by atoms with Gasteiger partial charge >= 0.3 is 0 Å². The Morgan fingerprint density at radius 2 is 2.43 bits per heavy atom. The van der Waals surface area contributed by atoms with Gasteiger partial charge in [0.1, 0.15) is 0 Å². The average Bonchev–Trinajstić information content (AvgIpc) is 2.65. The molecule has 4 heteroatoms. The number of amides is 2. The van der Waals surface area contributed by atoms with Crippen molar-refractivity contribution in [3.05, 3.63) is 12.2 Å². The first-order valence-electron chi connectivity index (χ1n) is 4.68. The molecule has 0 radical (unpaired) electrons. The maximum absolute atomic E-state index is 11.4. The van der Waals surface area contributed by atoms with Crippen molar-refractivity contribution in [3.8, 4) is 0 Å². The van der Waals surface area contributed by atoms with Crippen LogP contribution in [0.5, 0.6) is 0 Å². The molecule has 4 nitrogen and oxygen atoms in total. The Morgan fingerprint density at radius 1 is 1.71 bits per heavy atom. The van der Waals surface area contributed by atoms with Crippen LogP contribution in [-0.4, -0.2) is 36.5 Å². The standard InChI is InChI=1S/C10H15NO3/c1-8(2)10(13)11(7-12)6-9-4-3-5-14-9/h7,9H,1,3-6H2,2H3. The highest BCUT2D eigenvalue weighted by Crippen LogP contribution is 2.13. The first-order chi connectivity index (χ1) is 6.65. The molecule has 0 aliphatic carbocycles. The van der Waals surface area contributed by atoms with Crippen molar-refractivity contribution in [1.82, 2.24) is 4.90 Å². The van der Waals surface area contributed by atoms with Crippen LogP contribution in [0, 0.1) is 0 Å². The van der Waals surface area contributed by atoms with Gasteiger partial charge in [0.2, 0.25) is 6.41 Å². The van der Waals surface area contributed by atoms with E-state index in [2.05, 4.69) is 6.58 Å². The summed E-state index contributed by atoms with van der Waals surface area (Å²) >= 11 is 0. The summed E-state index contributed by atoms with van der Waals surface area (Å²) in [5, 5.41) is 0. The van der Waals surface area contributed by atoms with E-state index < -0.39 is 0 Å². The van der Waals surface area contributed by atoms with Gasteiger partial charge in [-0.3, -0.25) is 14.5 Å². The summed E-state index contributed by atoms with van der Waals surface area (Å²) in [4.78, 5) is 23.2. The highest BCUT2D eigenvalue weighted by molar-refractivity contribution is 5.98. The Hall–Kier alpha value is -1.16. The maximum Gasteiger partial charge on any atom is 0.255 e. The quantitative estimate of drug-likeness (QED) is 0.493. The fourth-order valence-electron chi connectivity index (χ4n) is 1.43. The van der Waals surface area contributed by atoms with Crippen LogP contribution >= 0.6 is 0 Å². The lowest BCUT2D eigenvalue weighted by molar-refractivity contribution is -0.136. The summed E-state index contributed by atoms with van der Waals surface area (Å²) in [6, 6.07) is 0. The second-order valence-electron chi connectivity index (χ2n) is 3.48. The van der Waals surface area contributed by atoms with E-state index in [9.17, 15) is 9.59 Å². The first-order valence-corrected chi connectivity index (χ1v) is 4.68. The van der Waals surface area contributed by atoms with Crippen LogP contribution in [0.15, 0.2) is 12.2 Å². The van der Waals surface area contributed by atoms with Crippen LogP contribution in [0.25, 0.3) is 0 Å². The Morgan fingerprint density at radius 3 is 2.86 bits per heavy atom. The number of carbonyl (C=O) groups excluding carboxylic acids is 2. The molecule has 0 aromatic carbocycles. The lowest BCUT2D eigenvalue weighted by Crippen LogP contribution is -2.36. The van der Waals surface area contributed by atoms with Crippen molar-refractivity contribution < 1.29 is 14.3 Å². The number of nitrogens with zero attached hydrogens (tertiary/aromatic N) is 1. The molecule has 0 spiro atoms. The van der Waals surface area contributed by atoms with Crippen LogP contribution in [0.4, 0.5) is 0 Å². The highest BCUT2D eigenvalue weighted by Gasteiger charge is 2.22. The zero-order valence-corrected chi connectivity index (χ0v) is 8.36. The van der Waals surface area contributed by atoms with Gasteiger partial charge in [0.25, 0.3) is 5.91 Å². The zero-order valence-electron chi connectivity index (χ0n) is 8.36. The smallest absolute Gasteiger partial charge is 0.255 e. The Kier molecular flexibility index (Phi) is 3.83. The van der Waals surface area contributed by atoms with Crippen molar-refractivity contribution in [2.24, 2.45) is 0 Å². The lowest BCUT2D eigenvalue weighted by atomic mass is 10.2. The molecular formula is C10H15NO3. The SMILES string of the molecule is C=C(C)C(=O)N(C=O)CC1CCCO1. The molecule has 1 aliphatic heterocycles. The minimum Gasteiger partial charge on any atom is -0.376 e. The molecule has 1 rings (SSSR count). The topological polar surface area (TPSA) is 46.6 Å². The molecule has 2 amide bonds. The van der Waals surface area contributed by atoms with Crippen molar-refractivity contribution in [3.63, 3.8) is 0 Å². The van der Waals surface area contributed by atoms with E-state index in [0.717, 1.165) is 24.3 Å². The molecule has 1 aliphatic rings. The molecule has 0 N–H and O–H groups in total. The Bertz CT molecular complexity index is 244. The second kappa shape index (κ2) is 4.91. The molecule has 1 atom stereocenters. The van der Waals surface area contributed by atoms with Crippen molar-refractivity contribution >= 4 is 12.3 Å². The van der Waals surface area contributed by atoms with Gasteiger partial charge in [0.05, 0.1) is 12.6 Å². The molecule has 0 aromatic heterocycles. The molecule has 1 saturated heterocycles. The van der Waals surface area contributed by atoms with Gasteiger partial charge in [-0.25, -0.2) is 0 Å². The van der Waals surface area contributed by atoms with Gasteiger partial charge in [-0.15, -0.1) is 0 Å². The average molecular weight is 197 g/mol. The van der Waals surface area contributed by atoms with Gasteiger partial charge in [-0.1, -0.05) is 6.58 Å². The molecular weight excluding hydrogens is 182 g/mol. The number of carbonyl (C=O) groups is 2. The third-order valence-electron chi connectivity index (χ3n) is 2.18. The zero-order chi connectivity index (χ0) is 10.6. The summed E-state index contributed by atoms with van der Waals surface area (Å²) < 4.78 is 5.33. The van der Waals surface area contributed by atoms with Crippen LogP contribution in [0.2, 0.25) is 0 Å². The van der Waals surface area contributed by atoms with Crippen molar-refractivity contribution in [2.45, 2.75) is 25.9 Å². The molecule has 0 saturated carbocycles. The Balaban J connectivity index is 2.49. The largest absolute Gasteiger partial charge is 0.376 e. The van der Waals surface area contributed by atoms with E-state index in [-0.39, 0.29) is 12.0 Å². The fourth-order valence-corrected chi connectivity index (χ4v) is 1.43. The lowest BCUT2D eigenvalue weighted by Gasteiger charge is -2.18. The molecule has 78 valence electrons. The fraction of sp³-hybridized carbons (Fsp3) is 0.600. The minimum atomic E-state index is -0.324. The van der Waals surface area contributed by atoms with Crippen molar-refractivity contribution in [1.29, 1.82) is 0 Å². The molecule has 1 unspecified atom stereocenters. The number of ether oxygens (including phenoxy) is 1. The van der Waals surface area contributed by atoms with E-state index in [0.29, 0.717) is 18.5 Å². The monoisotopic (exact) mass is 197 g/mol. The number of imide groups is 1. The summed E-state index contributed by atoms with van der Waals surface area (Å²) in [6.45, 7) is 6.16. The van der Waals surface area contributed by atoms with Gasteiger partial charge in [0.15, 0.2) is 0 Å². The Labute approximate surface area is 83.5 Å². The van der Waals surface area contributed by atoms with Crippen LogP contribution < -0.4 is 0 Å². The minimum absolute atomic E-state index is 0.00324. The van der Waals surface area contributed by atoms with E-state index in [1.54, 1.807) is 6.92 Å². The van der Waals surface area contributed by atoms with E-state index >= 15 is 0 Å². The van der Waals surface area contributed by atoms with E-state index in [1.807, 2.05) is 0 Å². The molecule has 1 heterocycles. The third kappa shape index (κ3) is 2.67. The van der Waals surface area contributed by atoms with Gasteiger partial charge in [-0.2, -0.15) is 0 Å². The summed E-state index contributed by atoms with van der Waals surface area (Å²) in [5.41, 5.74) is 0.370. The third-order valence-corrected chi connectivity index (χ3v) is 2.18.